The van der Waals surface area contributed by atoms with E-state index in [-0.39, 0.29) is 12.4 Å². The van der Waals surface area contributed by atoms with Crippen LogP contribution in [0, 0.1) is 5.92 Å². The number of hydrogen-bond acceptors (Lipinski definition) is 3. The van der Waals surface area contributed by atoms with Gasteiger partial charge in [0.25, 0.3) is 0 Å². The van der Waals surface area contributed by atoms with E-state index in [0.717, 1.165) is 18.9 Å². The molecule has 0 aromatic carbocycles. The zero-order valence-electron chi connectivity index (χ0n) is 9.89. The summed E-state index contributed by atoms with van der Waals surface area (Å²) in [6, 6.07) is 4.95. The van der Waals surface area contributed by atoms with Crippen molar-refractivity contribution in [1.82, 2.24) is 5.32 Å². The zero-order chi connectivity index (χ0) is 10.8. The minimum absolute atomic E-state index is 0. The van der Waals surface area contributed by atoms with Crippen molar-refractivity contribution in [2.45, 2.75) is 38.1 Å². The fraction of sp³-hybridized carbons (Fsp3) is 0.615. The number of rotatable bonds is 3. The lowest BCUT2D eigenvalue weighted by Crippen LogP contribution is -2.30. The van der Waals surface area contributed by atoms with Gasteiger partial charge in [0, 0.05) is 17.8 Å². The molecular weight excluding hydrogens is 252 g/mol. The van der Waals surface area contributed by atoms with Crippen molar-refractivity contribution < 1.29 is 0 Å². The zero-order valence-corrected chi connectivity index (χ0v) is 11.5. The molecule has 2 aliphatic rings. The van der Waals surface area contributed by atoms with Crippen molar-refractivity contribution in [2.75, 3.05) is 6.54 Å². The van der Waals surface area contributed by atoms with E-state index in [1.165, 1.54) is 36.4 Å². The number of nitrogens with zero attached hydrogens (tertiary/aromatic N) is 1. The molecule has 0 spiro atoms. The van der Waals surface area contributed by atoms with Gasteiger partial charge in [0.05, 0.1) is 11.9 Å². The molecule has 0 amide bonds. The smallest absolute Gasteiger partial charge is 0.0968 e. The summed E-state index contributed by atoms with van der Waals surface area (Å²) in [4.78, 5) is 6.08. The van der Waals surface area contributed by atoms with Crippen LogP contribution in [-0.4, -0.2) is 12.4 Å². The van der Waals surface area contributed by atoms with Gasteiger partial charge in [0.2, 0.25) is 0 Å². The molecule has 0 saturated heterocycles. The Labute approximate surface area is 113 Å². The van der Waals surface area contributed by atoms with E-state index in [1.54, 1.807) is 0 Å². The van der Waals surface area contributed by atoms with E-state index in [4.69, 9.17) is 0 Å². The van der Waals surface area contributed by atoms with Crippen molar-refractivity contribution in [2.24, 2.45) is 10.9 Å². The average Bonchev–Trinajstić information content (AvgIpc) is 3.02. The SMILES string of the molecule is Cl.c1csc(C(NC2=NCCCC2)C2CC2)c1. The fourth-order valence-electron chi connectivity index (χ4n) is 2.31. The minimum Gasteiger partial charge on any atom is -0.366 e. The van der Waals surface area contributed by atoms with Crippen LogP contribution in [-0.2, 0) is 0 Å². The molecule has 1 saturated carbocycles. The van der Waals surface area contributed by atoms with Crippen LogP contribution in [0.15, 0.2) is 22.5 Å². The van der Waals surface area contributed by atoms with Crippen LogP contribution in [0.25, 0.3) is 0 Å². The quantitative estimate of drug-likeness (QED) is 0.888. The second-order valence-electron chi connectivity index (χ2n) is 4.76. The summed E-state index contributed by atoms with van der Waals surface area (Å²) in [5.74, 6) is 2.10. The Kier molecular flexibility index (Phi) is 4.46. The summed E-state index contributed by atoms with van der Waals surface area (Å²) < 4.78 is 0. The highest BCUT2D eigenvalue weighted by Crippen LogP contribution is 2.42. The van der Waals surface area contributed by atoms with Crippen LogP contribution in [0.2, 0.25) is 0 Å². The maximum absolute atomic E-state index is 4.60. The summed E-state index contributed by atoms with van der Waals surface area (Å²) in [7, 11) is 0. The third kappa shape index (κ3) is 3.23. The maximum atomic E-state index is 4.60. The number of amidine groups is 1. The van der Waals surface area contributed by atoms with Gasteiger partial charge >= 0.3 is 0 Å². The third-order valence-corrected chi connectivity index (χ3v) is 4.34. The molecule has 1 unspecified atom stereocenters. The second kappa shape index (κ2) is 5.87. The molecule has 4 heteroatoms. The van der Waals surface area contributed by atoms with Crippen LogP contribution in [0.3, 0.4) is 0 Å². The molecule has 2 nitrogen and oxygen atoms in total. The van der Waals surface area contributed by atoms with Gasteiger partial charge in [-0.3, -0.25) is 4.99 Å². The molecule has 1 aromatic rings. The van der Waals surface area contributed by atoms with Crippen molar-refractivity contribution in [1.29, 1.82) is 0 Å². The molecule has 2 heterocycles. The predicted octanol–water partition coefficient (Wildman–Crippen LogP) is 3.79. The van der Waals surface area contributed by atoms with Gasteiger partial charge in [-0.15, -0.1) is 23.7 Å². The molecule has 94 valence electrons. The fourth-order valence-corrected chi connectivity index (χ4v) is 3.18. The highest BCUT2D eigenvalue weighted by molar-refractivity contribution is 7.10. The Morgan fingerprint density at radius 2 is 2.24 bits per heavy atom. The van der Waals surface area contributed by atoms with E-state index in [9.17, 15) is 0 Å². The third-order valence-electron chi connectivity index (χ3n) is 3.39. The first-order valence-electron chi connectivity index (χ1n) is 6.27. The van der Waals surface area contributed by atoms with E-state index in [2.05, 4.69) is 27.8 Å². The first kappa shape index (κ1) is 12.9. The van der Waals surface area contributed by atoms with Crippen LogP contribution in [0.1, 0.15) is 43.0 Å². The van der Waals surface area contributed by atoms with Gasteiger partial charge < -0.3 is 5.32 Å². The van der Waals surface area contributed by atoms with Crippen LogP contribution in [0.5, 0.6) is 0 Å². The number of nitrogens with one attached hydrogen (secondary N) is 1. The second-order valence-corrected chi connectivity index (χ2v) is 5.74. The van der Waals surface area contributed by atoms with Gasteiger partial charge in [-0.1, -0.05) is 6.07 Å². The summed E-state index contributed by atoms with van der Waals surface area (Å²) in [6.07, 6.45) is 6.46. The van der Waals surface area contributed by atoms with Crippen molar-refractivity contribution in [3.05, 3.63) is 22.4 Å². The Hall–Kier alpha value is -0.540. The molecule has 3 rings (SSSR count). The van der Waals surface area contributed by atoms with Gasteiger partial charge in [0.1, 0.15) is 0 Å². The summed E-state index contributed by atoms with van der Waals surface area (Å²) in [5.41, 5.74) is 0. The standard InChI is InChI=1S/C13H18N2S.ClH/c1-2-8-14-12(5-1)15-13(10-6-7-10)11-4-3-9-16-11;/h3-4,9-10,13H,1-2,5-8H2,(H,14,15);1H. The lowest BCUT2D eigenvalue weighted by atomic mass is 10.1. The largest absolute Gasteiger partial charge is 0.366 e. The van der Waals surface area contributed by atoms with E-state index < -0.39 is 0 Å². The van der Waals surface area contributed by atoms with Crippen molar-refractivity contribution in [3.63, 3.8) is 0 Å². The topological polar surface area (TPSA) is 24.4 Å². The monoisotopic (exact) mass is 270 g/mol. The predicted molar refractivity (Wildman–Crippen MR) is 76.3 cm³/mol. The Balaban J connectivity index is 0.00000108. The molecule has 1 aliphatic heterocycles. The summed E-state index contributed by atoms with van der Waals surface area (Å²) in [5, 5.41) is 5.86. The Morgan fingerprint density at radius 1 is 1.35 bits per heavy atom. The van der Waals surface area contributed by atoms with Crippen molar-refractivity contribution in [3.8, 4) is 0 Å². The average molecular weight is 271 g/mol. The first-order valence-corrected chi connectivity index (χ1v) is 7.15. The molecule has 1 atom stereocenters. The Morgan fingerprint density at radius 3 is 2.82 bits per heavy atom. The van der Waals surface area contributed by atoms with E-state index in [0.29, 0.717) is 6.04 Å². The highest BCUT2D eigenvalue weighted by atomic mass is 35.5. The molecule has 17 heavy (non-hydrogen) atoms. The number of thiophene rings is 1. The van der Waals surface area contributed by atoms with E-state index in [1.807, 2.05) is 11.3 Å². The van der Waals surface area contributed by atoms with Crippen molar-refractivity contribution >= 4 is 29.6 Å². The molecule has 1 aliphatic carbocycles. The molecular formula is C13H19ClN2S. The number of aliphatic imine (C=N–C) groups is 1. The van der Waals surface area contributed by atoms with Gasteiger partial charge in [0.15, 0.2) is 0 Å². The highest BCUT2D eigenvalue weighted by Gasteiger charge is 2.33. The first-order chi connectivity index (χ1) is 7.93. The molecule has 0 bridgehead atoms. The lowest BCUT2D eigenvalue weighted by molar-refractivity contribution is 0.562. The van der Waals surface area contributed by atoms with Gasteiger partial charge in [-0.2, -0.15) is 0 Å². The maximum Gasteiger partial charge on any atom is 0.0968 e. The summed E-state index contributed by atoms with van der Waals surface area (Å²) in [6.45, 7) is 1.02. The number of hydrogen-bond donors (Lipinski definition) is 1. The van der Waals surface area contributed by atoms with E-state index >= 15 is 0 Å². The van der Waals surface area contributed by atoms with Gasteiger partial charge in [-0.05, 0) is 43.0 Å². The molecule has 0 radical (unpaired) electrons. The van der Waals surface area contributed by atoms with Gasteiger partial charge in [-0.25, -0.2) is 0 Å². The molecule has 1 N–H and O–H groups in total. The summed E-state index contributed by atoms with van der Waals surface area (Å²) >= 11 is 1.87. The number of halogens is 1. The molecule has 1 fully saturated rings. The van der Waals surface area contributed by atoms with Crippen LogP contribution < -0.4 is 5.32 Å². The minimum atomic E-state index is 0. The van der Waals surface area contributed by atoms with Crippen LogP contribution in [0.4, 0.5) is 0 Å². The molecule has 1 aromatic heterocycles. The lowest BCUT2D eigenvalue weighted by Gasteiger charge is -2.21. The Bertz CT molecular complexity index is 371. The normalized spacial score (nSPS) is 21.3. The van der Waals surface area contributed by atoms with Crippen LogP contribution >= 0.6 is 23.7 Å².